The van der Waals surface area contributed by atoms with Crippen LogP contribution in [0.2, 0.25) is 0 Å². The van der Waals surface area contributed by atoms with Crippen LogP contribution in [0.15, 0.2) is 30.3 Å². The second-order valence-electron chi connectivity index (χ2n) is 6.98. The quantitative estimate of drug-likeness (QED) is 0.295. The molecular formula is C22H34O5. The van der Waals surface area contributed by atoms with Crippen LogP contribution < -0.4 is 0 Å². The highest BCUT2D eigenvalue weighted by Gasteiger charge is 2.18. The van der Waals surface area contributed by atoms with Crippen molar-refractivity contribution in [1.29, 1.82) is 0 Å². The molecule has 1 atom stereocenters. The molecule has 1 N–H and O–H groups in total. The number of carboxylic acids is 1. The van der Waals surface area contributed by atoms with Crippen LogP contribution in [0.4, 0.5) is 4.79 Å². The van der Waals surface area contributed by atoms with Gasteiger partial charge in [0.25, 0.3) is 0 Å². The fourth-order valence-corrected chi connectivity index (χ4v) is 2.97. The van der Waals surface area contributed by atoms with E-state index in [1.165, 1.54) is 38.5 Å². The summed E-state index contributed by atoms with van der Waals surface area (Å²) in [4.78, 5) is 22.8. The monoisotopic (exact) mass is 378 g/mol. The van der Waals surface area contributed by atoms with Gasteiger partial charge in [-0.05, 0) is 18.4 Å². The summed E-state index contributed by atoms with van der Waals surface area (Å²) < 4.78 is 10.3. The third-order valence-electron chi connectivity index (χ3n) is 4.49. The third kappa shape index (κ3) is 12.9. The van der Waals surface area contributed by atoms with Crippen LogP contribution in [0, 0.1) is 0 Å². The summed E-state index contributed by atoms with van der Waals surface area (Å²) in [5, 5.41) is 9.02. The van der Waals surface area contributed by atoms with Gasteiger partial charge in [-0.25, -0.2) is 4.79 Å². The average molecular weight is 379 g/mol. The average Bonchev–Trinajstić information content (AvgIpc) is 2.65. The number of unbranched alkanes of at least 4 members (excludes halogenated alkanes) is 8. The lowest BCUT2D eigenvalue weighted by Crippen LogP contribution is -2.22. The zero-order valence-corrected chi connectivity index (χ0v) is 16.5. The number of carbonyl (C=O) groups excluding carboxylic acids is 1. The molecule has 0 saturated carbocycles. The molecule has 0 fully saturated rings. The molecule has 0 aromatic heterocycles. The van der Waals surface area contributed by atoms with Crippen molar-refractivity contribution in [3.05, 3.63) is 35.9 Å². The first kappa shape index (κ1) is 23.0. The smallest absolute Gasteiger partial charge is 0.481 e. The Morgan fingerprint density at radius 2 is 1.52 bits per heavy atom. The predicted molar refractivity (Wildman–Crippen MR) is 106 cm³/mol. The Hall–Kier alpha value is -2.04. The van der Waals surface area contributed by atoms with Gasteiger partial charge in [0.15, 0.2) is 0 Å². The Morgan fingerprint density at radius 3 is 2.11 bits per heavy atom. The molecule has 0 heterocycles. The van der Waals surface area contributed by atoms with Gasteiger partial charge in [0.2, 0.25) is 0 Å². The van der Waals surface area contributed by atoms with E-state index < -0.39 is 18.2 Å². The van der Waals surface area contributed by atoms with Crippen molar-refractivity contribution in [2.24, 2.45) is 0 Å². The van der Waals surface area contributed by atoms with Crippen molar-refractivity contribution < 1.29 is 24.2 Å². The molecular weight excluding hydrogens is 344 g/mol. The topological polar surface area (TPSA) is 72.8 Å². The number of carboxylic acid groups (broad SMARTS) is 1. The molecule has 1 aromatic carbocycles. The van der Waals surface area contributed by atoms with Crippen LogP contribution in [0.25, 0.3) is 0 Å². The molecule has 5 nitrogen and oxygen atoms in total. The molecule has 0 spiro atoms. The van der Waals surface area contributed by atoms with Gasteiger partial charge in [0.1, 0.15) is 12.7 Å². The molecule has 5 heteroatoms. The fraction of sp³-hybridized carbons (Fsp3) is 0.636. The van der Waals surface area contributed by atoms with E-state index >= 15 is 0 Å². The Kier molecular flexibility index (Phi) is 12.8. The number of ether oxygens (including phenoxy) is 2. The van der Waals surface area contributed by atoms with Gasteiger partial charge in [-0.1, -0.05) is 88.6 Å². The van der Waals surface area contributed by atoms with E-state index in [2.05, 4.69) is 6.92 Å². The highest BCUT2D eigenvalue weighted by Crippen LogP contribution is 2.15. The zero-order valence-electron chi connectivity index (χ0n) is 16.5. The number of aliphatic carboxylic acids is 1. The SMILES string of the molecule is CCCCCCCCCCC[C@H](CC(=O)O)OC(=O)OCc1ccccc1. The summed E-state index contributed by atoms with van der Waals surface area (Å²) in [5.41, 5.74) is 0.864. The number of hydrogen-bond acceptors (Lipinski definition) is 4. The Balaban J connectivity index is 2.19. The predicted octanol–water partition coefficient (Wildman–Crippen LogP) is 6.10. The van der Waals surface area contributed by atoms with Gasteiger partial charge < -0.3 is 14.6 Å². The molecule has 0 amide bonds. The van der Waals surface area contributed by atoms with E-state index in [0.29, 0.717) is 6.42 Å². The fourth-order valence-electron chi connectivity index (χ4n) is 2.97. The second-order valence-corrected chi connectivity index (χ2v) is 6.98. The van der Waals surface area contributed by atoms with Crippen LogP contribution >= 0.6 is 0 Å². The maximum Gasteiger partial charge on any atom is 0.508 e. The summed E-state index contributed by atoms with van der Waals surface area (Å²) in [6.45, 7) is 2.34. The van der Waals surface area contributed by atoms with E-state index in [-0.39, 0.29) is 13.0 Å². The van der Waals surface area contributed by atoms with Crippen molar-refractivity contribution in [1.82, 2.24) is 0 Å². The molecule has 0 saturated heterocycles. The van der Waals surface area contributed by atoms with E-state index in [1.54, 1.807) is 0 Å². The van der Waals surface area contributed by atoms with Gasteiger partial charge >= 0.3 is 12.1 Å². The Bertz CT molecular complexity index is 515. The number of rotatable bonds is 15. The van der Waals surface area contributed by atoms with Gasteiger partial charge in [0.05, 0.1) is 6.42 Å². The highest BCUT2D eigenvalue weighted by molar-refractivity contribution is 5.68. The molecule has 0 aliphatic rings. The molecule has 0 aliphatic carbocycles. The minimum Gasteiger partial charge on any atom is -0.481 e. The summed E-state index contributed by atoms with van der Waals surface area (Å²) in [6, 6.07) is 9.31. The molecule has 152 valence electrons. The van der Waals surface area contributed by atoms with Crippen molar-refractivity contribution in [3.63, 3.8) is 0 Å². The second kappa shape index (κ2) is 15.1. The van der Waals surface area contributed by atoms with Crippen molar-refractivity contribution in [2.45, 2.75) is 90.3 Å². The molecule has 0 unspecified atom stereocenters. The Morgan fingerprint density at radius 1 is 0.926 bits per heavy atom. The van der Waals surface area contributed by atoms with Crippen LogP contribution in [0.3, 0.4) is 0 Å². The van der Waals surface area contributed by atoms with Crippen LogP contribution in [-0.2, 0) is 20.9 Å². The first-order valence-corrected chi connectivity index (χ1v) is 10.2. The molecule has 0 bridgehead atoms. The molecule has 27 heavy (non-hydrogen) atoms. The standard InChI is InChI=1S/C22H34O5/c1-2-3-4-5-6-7-8-9-13-16-20(17-21(23)24)27-22(25)26-18-19-14-11-10-12-15-19/h10-12,14-15,20H,2-9,13,16-18H2,1H3,(H,23,24)/t20-/m1/s1. The van der Waals surface area contributed by atoms with Crippen molar-refractivity contribution in [3.8, 4) is 0 Å². The summed E-state index contributed by atoms with van der Waals surface area (Å²) >= 11 is 0. The normalized spacial score (nSPS) is 11.7. The van der Waals surface area contributed by atoms with E-state index in [1.807, 2.05) is 30.3 Å². The highest BCUT2D eigenvalue weighted by atomic mass is 16.7. The number of hydrogen-bond donors (Lipinski definition) is 1. The number of carbonyl (C=O) groups is 2. The summed E-state index contributed by atoms with van der Waals surface area (Å²) in [6.07, 6.45) is 9.65. The van der Waals surface area contributed by atoms with Crippen LogP contribution in [0.5, 0.6) is 0 Å². The van der Waals surface area contributed by atoms with Gasteiger partial charge in [0, 0.05) is 0 Å². The third-order valence-corrected chi connectivity index (χ3v) is 4.49. The van der Waals surface area contributed by atoms with Crippen molar-refractivity contribution in [2.75, 3.05) is 0 Å². The lowest BCUT2D eigenvalue weighted by molar-refractivity contribution is -0.139. The van der Waals surface area contributed by atoms with Crippen LogP contribution in [-0.4, -0.2) is 23.3 Å². The van der Waals surface area contributed by atoms with Crippen LogP contribution in [0.1, 0.15) is 83.1 Å². The zero-order chi connectivity index (χ0) is 19.7. The summed E-state index contributed by atoms with van der Waals surface area (Å²) in [5.74, 6) is -0.966. The molecule has 1 rings (SSSR count). The summed E-state index contributed by atoms with van der Waals surface area (Å²) in [7, 11) is 0. The van der Waals surface area contributed by atoms with E-state index in [9.17, 15) is 9.59 Å². The molecule has 0 radical (unpaired) electrons. The minimum atomic E-state index is -0.966. The molecule has 1 aromatic rings. The lowest BCUT2D eigenvalue weighted by Gasteiger charge is -2.16. The lowest BCUT2D eigenvalue weighted by atomic mass is 10.0. The van der Waals surface area contributed by atoms with E-state index in [4.69, 9.17) is 14.6 Å². The van der Waals surface area contributed by atoms with E-state index in [0.717, 1.165) is 24.8 Å². The minimum absolute atomic E-state index is 0.123. The molecule has 0 aliphatic heterocycles. The maximum atomic E-state index is 11.8. The first-order valence-electron chi connectivity index (χ1n) is 10.2. The Labute approximate surface area is 163 Å². The number of benzene rings is 1. The first-order chi connectivity index (χ1) is 13.1. The maximum absolute atomic E-state index is 11.8. The van der Waals surface area contributed by atoms with Gasteiger partial charge in [-0.15, -0.1) is 0 Å². The van der Waals surface area contributed by atoms with Gasteiger partial charge in [-0.3, -0.25) is 4.79 Å². The largest absolute Gasteiger partial charge is 0.508 e. The van der Waals surface area contributed by atoms with Crippen molar-refractivity contribution >= 4 is 12.1 Å². The van der Waals surface area contributed by atoms with Gasteiger partial charge in [-0.2, -0.15) is 0 Å².